The van der Waals surface area contributed by atoms with Gasteiger partial charge in [-0.25, -0.2) is 0 Å². The first-order valence-electron chi connectivity index (χ1n) is 5.77. The summed E-state index contributed by atoms with van der Waals surface area (Å²) in [4.78, 5) is 14.9. The molecule has 1 aliphatic carbocycles. The maximum absolute atomic E-state index is 12.3. The van der Waals surface area contributed by atoms with E-state index in [2.05, 4.69) is 15.9 Å². The second-order valence-electron chi connectivity index (χ2n) is 4.62. The van der Waals surface area contributed by atoms with Crippen LogP contribution in [0.2, 0.25) is 0 Å². The summed E-state index contributed by atoms with van der Waals surface area (Å²) in [5, 5.41) is 0. The Balaban J connectivity index is 2.13. The number of amides is 1. The quantitative estimate of drug-likeness (QED) is 0.928. The standard InChI is InChI=1S/C12H17BrN2OS/c1-7-5-10(17-11(7)13)12(16)15(2)9(6-14)8-3-4-8/h5,8-9H,3-4,6,14H2,1-2H3. The highest BCUT2D eigenvalue weighted by Crippen LogP contribution is 2.36. The molecule has 17 heavy (non-hydrogen) atoms. The molecule has 0 aliphatic heterocycles. The summed E-state index contributed by atoms with van der Waals surface area (Å²) in [7, 11) is 1.86. The van der Waals surface area contributed by atoms with Crippen molar-refractivity contribution in [3.8, 4) is 0 Å². The first kappa shape index (κ1) is 13.1. The van der Waals surface area contributed by atoms with Gasteiger partial charge in [-0.3, -0.25) is 4.79 Å². The minimum absolute atomic E-state index is 0.0890. The molecule has 0 radical (unpaired) electrons. The van der Waals surface area contributed by atoms with E-state index in [9.17, 15) is 4.79 Å². The Morgan fingerprint density at radius 1 is 1.71 bits per heavy atom. The minimum atomic E-state index is 0.0890. The third-order valence-electron chi connectivity index (χ3n) is 3.29. The molecule has 1 amide bonds. The van der Waals surface area contributed by atoms with Crippen molar-refractivity contribution in [3.63, 3.8) is 0 Å². The lowest BCUT2D eigenvalue weighted by Gasteiger charge is -2.26. The third-order valence-corrected chi connectivity index (χ3v) is 5.42. The smallest absolute Gasteiger partial charge is 0.264 e. The van der Waals surface area contributed by atoms with Gasteiger partial charge < -0.3 is 10.6 Å². The molecular weight excluding hydrogens is 300 g/mol. The summed E-state index contributed by atoms with van der Waals surface area (Å²) in [5.74, 6) is 0.699. The summed E-state index contributed by atoms with van der Waals surface area (Å²) in [6.07, 6.45) is 2.40. The van der Waals surface area contributed by atoms with Gasteiger partial charge in [-0.05, 0) is 53.2 Å². The van der Waals surface area contributed by atoms with E-state index in [1.165, 1.54) is 24.2 Å². The van der Waals surface area contributed by atoms with Gasteiger partial charge in [0.1, 0.15) is 0 Å². The van der Waals surface area contributed by atoms with Gasteiger partial charge in [-0.15, -0.1) is 11.3 Å². The Bertz CT molecular complexity index is 409. The Kier molecular flexibility index (Phi) is 3.90. The molecule has 2 rings (SSSR count). The molecule has 1 aromatic heterocycles. The van der Waals surface area contributed by atoms with Gasteiger partial charge >= 0.3 is 0 Å². The van der Waals surface area contributed by atoms with Crippen LogP contribution in [0.4, 0.5) is 0 Å². The average Bonchev–Trinajstić information content (AvgIpc) is 3.06. The average molecular weight is 317 g/mol. The van der Waals surface area contributed by atoms with E-state index in [1.807, 2.05) is 24.9 Å². The number of nitrogens with zero attached hydrogens (tertiary/aromatic N) is 1. The van der Waals surface area contributed by atoms with Gasteiger partial charge in [0.15, 0.2) is 0 Å². The fourth-order valence-corrected chi connectivity index (χ4v) is 3.56. The van der Waals surface area contributed by atoms with Crippen molar-refractivity contribution in [3.05, 3.63) is 20.3 Å². The molecular formula is C12H17BrN2OS. The predicted molar refractivity (Wildman–Crippen MR) is 74.4 cm³/mol. The topological polar surface area (TPSA) is 46.3 Å². The van der Waals surface area contributed by atoms with Crippen LogP contribution < -0.4 is 5.73 Å². The van der Waals surface area contributed by atoms with Crippen LogP contribution in [0.3, 0.4) is 0 Å². The summed E-state index contributed by atoms with van der Waals surface area (Å²) < 4.78 is 1.03. The van der Waals surface area contributed by atoms with Gasteiger partial charge in [0.25, 0.3) is 5.91 Å². The summed E-state index contributed by atoms with van der Waals surface area (Å²) in [6, 6.07) is 2.14. The number of halogens is 1. The van der Waals surface area contributed by atoms with Gasteiger partial charge in [-0.1, -0.05) is 0 Å². The monoisotopic (exact) mass is 316 g/mol. The minimum Gasteiger partial charge on any atom is -0.336 e. The molecule has 3 nitrogen and oxygen atoms in total. The van der Waals surface area contributed by atoms with Gasteiger partial charge in [0, 0.05) is 19.6 Å². The van der Waals surface area contributed by atoms with Crippen molar-refractivity contribution in [2.45, 2.75) is 25.8 Å². The van der Waals surface area contributed by atoms with Gasteiger partial charge in [0.2, 0.25) is 0 Å². The maximum atomic E-state index is 12.3. The van der Waals surface area contributed by atoms with E-state index in [4.69, 9.17) is 5.73 Å². The molecule has 1 aromatic rings. The zero-order chi connectivity index (χ0) is 12.6. The van der Waals surface area contributed by atoms with Crippen molar-refractivity contribution in [1.29, 1.82) is 0 Å². The van der Waals surface area contributed by atoms with E-state index in [0.717, 1.165) is 14.2 Å². The normalized spacial score (nSPS) is 16.9. The van der Waals surface area contributed by atoms with Crippen molar-refractivity contribution in [2.75, 3.05) is 13.6 Å². The number of carbonyl (C=O) groups excluding carboxylic acids is 1. The van der Waals surface area contributed by atoms with Gasteiger partial charge in [-0.2, -0.15) is 0 Å². The fraction of sp³-hybridized carbons (Fsp3) is 0.583. The SMILES string of the molecule is Cc1cc(C(=O)N(C)C(CN)C2CC2)sc1Br. The van der Waals surface area contributed by atoms with Crippen LogP contribution >= 0.6 is 27.3 Å². The number of hydrogen-bond acceptors (Lipinski definition) is 3. The summed E-state index contributed by atoms with van der Waals surface area (Å²) in [6.45, 7) is 2.55. The maximum Gasteiger partial charge on any atom is 0.264 e. The molecule has 0 bridgehead atoms. The Morgan fingerprint density at radius 2 is 2.35 bits per heavy atom. The first-order chi connectivity index (χ1) is 8.04. The Labute approximate surface area is 114 Å². The zero-order valence-corrected chi connectivity index (χ0v) is 12.5. The molecule has 1 unspecified atom stereocenters. The molecule has 0 aromatic carbocycles. The molecule has 94 valence electrons. The van der Waals surface area contributed by atoms with E-state index < -0.39 is 0 Å². The lowest BCUT2D eigenvalue weighted by molar-refractivity contribution is 0.0723. The molecule has 1 aliphatic rings. The molecule has 0 spiro atoms. The highest BCUT2D eigenvalue weighted by molar-refractivity contribution is 9.11. The number of carbonyl (C=O) groups is 1. The lowest BCUT2D eigenvalue weighted by atomic mass is 10.1. The van der Waals surface area contributed by atoms with Crippen LogP contribution in [0.25, 0.3) is 0 Å². The highest BCUT2D eigenvalue weighted by Gasteiger charge is 2.35. The Morgan fingerprint density at radius 3 is 2.76 bits per heavy atom. The van der Waals surface area contributed by atoms with Crippen molar-refractivity contribution >= 4 is 33.2 Å². The second-order valence-corrected chi connectivity index (χ2v) is 6.99. The number of rotatable bonds is 4. The third kappa shape index (κ3) is 2.72. The van der Waals surface area contributed by atoms with Crippen LogP contribution in [0.5, 0.6) is 0 Å². The molecule has 1 saturated carbocycles. The van der Waals surface area contributed by atoms with E-state index in [0.29, 0.717) is 12.5 Å². The molecule has 1 fully saturated rings. The molecule has 2 N–H and O–H groups in total. The summed E-state index contributed by atoms with van der Waals surface area (Å²) in [5.41, 5.74) is 6.88. The highest BCUT2D eigenvalue weighted by atomic mass is 79.9. The first-order valence-corrected chi connectivity index (χ1v) is 7.38. The van der Waals surface area contributed by atoms with Gasteiger partial charge in [0.05, 0.1) is 8.66 Å². The number of hydrogen-bond donors (Lipinski definition) is 1. The van der Waals surface area contributed by atoms with E-state index >= 15 is 0 Å². The van der Waals surface area contributed by atoms with Crippen LogP contribution in [0.1, 0.15) is 28.1 Å². The van der Waals surface area contributed by atoms with Crippen molar-refractivity contribution in [1.82, 2.24) is 4.90 Å². The van der Waals surface area contributed by atoms with Crippen LogP contribution in [-0.4, -0.2) is 30.4 Å². The lowest BCUT2D eigenvalue weighted by Crippen LogP contribution is -2.43. The fourth-order valence-electron chi connectivity index (χ4n) is 2.04. The number of aryl methyl sites for hydroxylation is 1. The van der Waals surface area contributed by atoms with Crippen LogP contribution in [0.15, 0.2) is 9.85 Å². The zero-order valence-electron chi connectivity index (χ0n) is 10.1. The molecule has 0 saturated heterocycles. The largest absolute Gasteiger partial charge is 0.336 e. The Hall–Kier alpha value is -0.390. The number of likely N-dealkylation sites (N-methyl/N-ethyl adjacent to an activating group) is 1. The molecule has 1 atom stereocenters. The van der Waals surface area contributed by atoms with Crippen LogP contribution in [-0.2, 0) is 0 Å². The molecule has 5 heteroatoms. The van der Waals surface area contributed by atoms with Crippen LogP contribution in [0, 0.1) is 12.8 Å². The second kappa shape index (κ2) is 5.08. The number of thiophene rings is 1. The van der Waals surface area contributed by atoms with Crippen molar-refractivity contribution in [2.24, 2.45) is 11.7 Å². The van der Waals surface area contributed by atoms with E-state index in [-0.39, 0.29) is 11.9 Å². The van der Waals surface area contributed by atoms with Crippen molar-refractivity contribution < 1.29 is 4.79 Å². The number of nitrogens with two attached hydrogens (primary N) is 1. The molecule has 1 heterocycles. The summed E-state index contributed by atoms with van der Waals surface area (Å²) >= 11 is 4.95. The predicted octanol–water partition coefficient (Wildman–Crippen LogP) is 2.63. The van der Waals surface area contributed by atoms with E-state index in [1.54, 1.807) is 0 Å².